The molecule has 0 bridgehead atoms. The molecule has 0 radical (unpaired) electrons. The van der Waals surface area contributed by atoms with Crippen molar-refractivity contribution in [1.82, 2.24) is 0 Å². The molecule has 2 nitrogen and oxygen atoms in total. The van der Waals surface area contributed by atoms with Crippen LogP contribution in [-0.2, 0) is 16.3 Å². The Kier molecular flexibility index (Phi) is 4.49. The van der Waals surface area contributed by atoms with Gasteiger partial charge in [-0.2, -0.15) is 0 Å². The van der Waals surface area contributed by atoms with Crippen LogP contribution in [0.5, 0.6) is 0 Å². The second kappa shape index (κ2) is 4.19. The molecule has 0 saturated carbocycles. The highest BCUT2D eigenvalue weighted by atomic mass is 32.9. The first-order valence-corrected chi connectivity index (χ1v) is 8.25. The van der Waals surface area contributed by atoms with Crippen LogP contribution < -0.4 is 0 Å². The van der Waals surface area contributed by atoms with E-state index in [0.717, 1.165) is 0 Å². The zero-order valence-corrected chi connectivity index (χ0v) is 11.6. The Labute approximate surface area is 90.4 Å². The van der Waals surface area contributed by atoms with Gasteiger partial charge in [0.1, 0.15) is 0 Å². The third-order valence-corrected chi connectivity index (χ3v) is 5.79. The highest BCUT2D eigenvalue weighted by Gasteiger charge is 2.28. The fourth-order valence-corrected chi connectivity index (χ4v) is 7.67. The second-order valence-electron chi connectivity index (χ2n) is 4.88. The van der Waals surface area contributed by atoms with Crippen LogP contribution in [-0.4, -0.2) is 15.2 Å². The zero-order chi connectivity index (χ0) is 10.9. The lowest BCUT2D eigenvalue weighted by Crippen LogP contribution is -2.18. The van der Waals surface area contributed by atoms with Gasteiger partial charge in [-0.3, -0.25) is 0 Å². The smallest absolute Gasteiger partial charge is 0.245 e. The normalized spacial score (nSPS) is 18.4. The van der Waals surface area contributed by atoms with Crippen LogP contribution >= 0.6 is 17.1 Å². The van der Waals surface area contributed by atoms with Crippen molar-refractivity contribution in [3.8, 4) is 0 Å². The average molecular weight is 242 g/mol. The van der Waals surface area contributed by atoms with Crippen molar-refractivity contribution < 1.29 is 9.42 Å². The van der Waals surface area contributed by atoms with Crippen LogP contribution in [0.1, 0.15) is 41.5 Å². The summed E-state index contributed by atoms with van der Waals surface area (Å²) in [5.74, 6) is 0. The van der Waals surface area contributed by atoms with Gasteiger partial charge in [-0.25, -0.2) is 0 Å². The summed E-state index contributed by atoms with van der Waals surface area (Å²) in [7, 11) is 0. The molecular formula is C8H19O2PS2. The van der Waals surface area contributed by atoms with Gasteiger partial charge in [-0.1, -0.05) is 32.2 Å². The molecule has 0 aromatic rings. The molecule has 0 rings (SSSR count). The van der Waals surface area contributed by atoms with Crippen LogP contribution in [0, 0.1) is 0 Å². The van der Waals surface area contributed by atoms with E-state index in [0.29, 0.717) is 0 Å². The van der Waals surface area contributed by atoms with Crippen molar-refractivity contribution in [2.75, 3.05) is 0 Å². The van der Waals surface area contributed by atoms with Crippen molar-refractivity contribution in [3.63, 3.8) is 0 Å². The van der Waals surface area contributed by atoms with Crippen molar-refractivity contribution in [1.29, 1.82) is 0 Å². The lowest BCUT2D eigenvalue weighted by Gasteiger charge is -2.29. The topological polar surface area (TPSA) is 29.5 Å². The van der Waals surface area contributed by atoms with Crippen LogP contribution in [0.3, 0.4) is 0 Å². The van der Waals surface area contributed by atoms with E-state index in [9.17, 15) is 4.89 Å². The van der Waals surface area contributed by atoms with Crippen LogP contribution in [0.25, 0.3) is 0 Å². The second-order valence-corrected chi connectivity index (χ2v) is 11.6. The Morgan fingerprint density at radius 2 is 1.54 bits per heavy atom. The lowest BCUT2D eigenvalue weighted by atomic mass is 10.2. The molecule has 0 aromatic heterocycles. The summed E-state index contributed by atoms with van der Waals surface area (Å²) in [6, 6.07) is 0. The van der Waals surface area contributed by atoms with Gasteiger partial charge < -0.3 is 9.42 Å². The monoisotopic (exact) mass is 242 g/mol. The van der Waals surface area contributed by atoms with E-state index < -0.39 is 5.69 Å². The first-order chi connectivity index (χ1) is 5.41. The van der Waals surface area contributed by atoms with Gasteiger partial charge in [0.15, 0.2) is 0 Å². The van der Waals surface area contributed by atoms with Crippen molar-refractivity contribution >= 4 is 28.9 Å². The average Bonchev–Trinajstić information content (AvgIpc) is 1.43. The van der Waals surface area contributed by atoms with Gasteiger partial charge >= 0.3 is 0 Å². The Balaban J connectivity index is 4.35. The predicted octanol–water partition coefficient (Wildman–Crippen LogP) is 3.55. The Hall–Kier alpha value is 0.920. The molecule has 80 valence electrons. The highest BCUT2D eigenvalue weighted by molar-refractivity contribution is 8.68. The number of hydrogen-bond donors (Lipinski definition) is 1. The van der Waals surface area contributed by atoms with Gasteiger partial charge in [0.05, 0.1) is 5.60 Å². The van der Waals surface area contributed by atoms with Crippen molar-refractivity contribution in [2.45, 2.75) is 51.9 Å². The maximum atomic E-state index is 9.85. The molecule has 0 spiro atoms. The summed E-state index contributed by atoms with van der Waals surface area (Å²) in [4.78, 5) is 9.85. The SMILES string of the molecule is CC(C)(C)OP(O)(=S)SC(C)(C)C. The summed E-state index contributed by atoms with van der Waals surface area (Å²) in [5.41, 5.74) is -3.06. The zero-order valence-electron chi connectivity index (χ0n) is 9.12. The number of hydrogen-bond acceptors (Lipinski definition) is 3. The summed E-state index contributed by atoms with van der Waals surface area (Å²) >= 11 is 6.39. The predicted molar refractivity (Wildman–Crippen MR) is 64.7 cm³/mol. The van der Waals surface area contributed by atoms with Gasteiger partial charge in [-0.15, -0.1) is 0 Å². The molecule has 0 heterocycles. The molecule has 1 atom stereocenters. The van der Waals surface area contributed by atoms with Crippen LogP contribution in [0.15, 0.2) is 0 Å². The lowest BCUT2D eigenvalue weighted by molar-refractivity contribution is 0.138. The molecule has 1 unspecified atom stereocenters. The van der Waals surface area contributed by atoms with E-state index in [2.05, 4.69) is 0 Å². The van der Waals surface area contributed by atoms with Gasteiger partial charge in [0.2, 0.25) is 5.69 Å². The standard InChI is InChI=1S/C8H19O2PS2/c1-7(2,3)10-11(9,12)13-8(4,5)6/h1-6H3,(H,9,12). The molecule has 0 amide bonds. The Bertz CT molecular complexity index is 195. The van der Waals surface area contributed by atoms with E-state index in [1.807, 2.05) is 41.5 Å². The van der Waals surface area contributed by atoms with Crippen molar-refractivity contribution in [3.05, 3.63) is 0 Å². The third-order valence-electron chi connectivity index (χ3n) is 0.778. The first-order valence-electron chi connectivity index (χ1n) is 4.16. The van der Waals surface area contributed by atoms with Crippen molar-refractivity contribution in [2.24, 2.45) is 0 Å². The van der Waals surface area contributed by atoms with Gasteiger partial charge in [0.25, 0.3) is 0 Å². The minimum Gasteiger partial charge on any atom is -0.337 e. The molecule has 0 aliphatic carbocycles. The third kappa shape index (κ3) is 9.23. The molecule has 0 saturated heterocycles. The minimum atomic E-state index is -2.69. The fourth-order valence-electron chi connectivity index (χ4n) is 0.711. The number of rotatable bonds is 2. The summed E-state index contributed by atoms with van der Waals surface area (Å²) < 4.78 is 5.39. The van der Waals surface area contributed by atoms with E-state index in [-0.39, 0.29) is 10.3 Å². The minimum absolute atomic E-state index is 0.0600. The summed E-state index contributed by atoms with van der Waals surface area (Å²) in [5, 5.41) is 0. The summed E-state index contributed by atoms with van der Waals surface area (Å²) in [6.45, 7) is 11.7. The fraction of sp³-hybridized carbons (Fsp3) is 1.00. The van der Waals surface area contributed by atoms with E-state index in [4.69, 9.17) is 16.3 Å². The molecule has 0 aliphatic rings. The maximum absolute atomic E-state index is 9.85. The quantitative estimate of drug-likeness (QED) is 0.750. The first kappa shape index (κ1) is 13.9. The van der Waals surface area contributed by atoms with Crippen LogP contribution in [0.2, 0.25) is 0 Å². The highest BCUT2D eigenvalue weighted by Crippen LogP contribution is 2.62. The summed E-state index contributed by atoms with van der Waals surface area (Å²) in [6.07, 6.45) is 0. The molecule has 0 aromatic carbocycles. The molecular weight excluding hydrogens is 223 g/mol. The maximum Gasteiger partial charge on any atom is 0.245 e. The van der Waals surface area contributed by atoms with E-state index in [1.165, 1.54) is 11.4 Å². The Morgan fingerprint density at radius 3 is 1.77 bits per heavy atom. The molecule has 5 heteroatoms. The van der Waals surface area contributed by atoms with E-state index >= 15 is 0 Å². The van der Waals surface area contributed by atoms with E-state index in [1.54, 1.807) is 0 Å². The molecule has 1 N–H and O–H groups in total. The largest absolute Gasteiger partial charge is 0.337 e. The molecule has 0 aliphatic heterocycles. The van der Waals surface area contributed by atoms with Crippen LogP contribution in [0.4, 0.5) is 0 Å². The molecule has 0 fully saturated rings. The van der Waals surface area contributed by atoms with Gasteiger partial charge in [0, 0.05) is 4.75 Å². The Morgan fingerprint density at radius 1 is 1.15 bits per heavy atom. The molecule has 13 heavy (non-hydrogen) atoms. The van der Waals surface area contributed by atoms with Gasteiger partial charge in [-0.05, 0) is 32.6 Å².